The average molecular weight is 226 g/mol. The van der Waals surface area contributed by atoms with E-state index in [4.69, 9.17) is 5.73 Å². The molecule has 4 nitrogen and oxygen atoms in total. The number of nitrogens with two attached hydrogens (primary N) is 1. The zero-order valence-corrected chi connectivity index (χ0v) is 10.3. The van der Waals surface area contributed by atoms with E-state index in [-0.39, 0.29) is 0 Å². The van der Waals surface area contributed by atoms with Crippen LogP contribution in [-0.2, 0) is 6.54 Å². The molecule has 1 aromatic rings. The van der Waals surface area contributed by atoms with Crippen LogP contribution in [-0.4, -0.2) is 29.4 Å². The first kappa shape index (κ1) is 12.0. The standard InChI is InChI=1S/C10H18N4S/c1-8(2)4-12-10(11)14(3)5-9-6-15-7-13-9/h6-8H,4-5H2,1-3H3,(H2,11,12). The van der Waals surface area contributed by atoms with Gasteiger partial charge in [-0.3, -0.25) is 4.99 Å². The van der Waals surface area contributed by atoms with Crippen molar-refractivity contribution in [2.75, 3.05) is 13.6 Å². The Bertz CT molecular complexity index is 305. The van der Waals surface area contributed by atoms with Crippen LogP contribution < -0.4 is 5.73 Å². The Morgan fingerprint density at radius 3 is 2.93 bits per heavy atom. The lowest BCUT2D eigenvalue weighted by molar-refractivity contribution is 0.483. The Kier molecular flexibility index (Phi) is 4.55. The van der Waals surface area contributed by atoms with Gasteiger partial charge in [0.1, 0.15) is 0 Å². The van der Waals surface area contributed by atoms with Crippen molar-refractivity contribution in [3.05, 3.63) is 16.6 Å². The molecule has 0 fully saturated rings. The Morgan fingerprint density at radius 1 is 1.67 bits per heavy atom. The van der Waals surface area contributed by atoms with E-state index in [9.17, 15) is 0 Å². The SMILES string of the molecule is CC(C)CN=C(N)N(C)Cc1cscn1. The fourth-order valence-electron chi connectivity index (χ4n) is 1.04. The summed E-state index contributed by atoms with van der Waals surface area (Å²) in [5.74, 6) is 1.12. The maximum absolute atomic E-state index is 5.83. The Hall–Kier alpha value is -1.10. The lowest BCUT2D eigenvalue weighted by Crippen LogP contribution is -2.34. The number of thiazole rings is 1. The predicted molar refractivity (Wildman–Crippen MR) is 64.9 cm³/mol. The number of nitrogens with zero attached hydrogens (tertiary/aromatic N) is 3. The molecule has 0 aromatic carbocycles. The molecule has 84 valence electrons. The number of hydrogen-bond donors (Lipinski definition) is 1. The van der Waals surface area contributed by atoms with Crippen molar-refractivity contribution in [3.8, 4) is 0 Å². The minimum atomic E-state index is 0.538. The van der Waals surface area contributed by atoms with Gasteiger partial charge in [0.2, 0.25) is 0 Å². The van der Waals surface area contributed by atoms with Crippen LogP contribution in [0.2, 0.25) is 0 Å². The van der Waals surface area contributed by atoms with Gasteiger partial charge in [-0.1, -0.05) is 13.8 Å². The zero-order valence-electron chi connectivity index (χ0n) is 9.47. The molecule has 0 saturated heterocycles. The van der Waals surface area contributed by atoms with Crippen molar-refractivity contribution in [1.82, 2.24) is 9.88 Å². The zero-order chi connectivity index (χ0) is 11.3. The van der Waals surface area contributed by atoms with Crippen LogP contribution in [0.15, 0.2) is 15.9 Å². The summed E-state index contributed by atoms with van der Waals surface area (Å²) in [6.45, 7) is 5.73. The molecule has 1 rings (SSSR count). The highest BCUT2D eigenvalue weighted by Crippen LogP contribution is 2.03. The molecule has 2 N–H and O–H groups in total. The van der Waals surface area contributed by atoms with Gasteiger partial charge in [-0.15, -0.1) is 11.3 Å². The highest BCUT2D eigenvalue weighted by atomic mass is 32.1. The maximum atomic E-state index is 5.83. The van der Waals surface area contributed by atoms with Crippen LogP contribution in [0.3, 0.4) is 0 Å². The van der Waals surface area contributed by atoms with E-state index in [1.165, 1.54) is 0 Å². The summed E-state index contributed by atoms with van der Waals surface area (Å²) in [5.41, 5.74) is 8.69. The second-order valence-electron chi connectivity index (χ2n) is 3.93. The van der Waals surface area contributed by atoms with Gasteiger partial charge in [0, 0.05) is 19.0 Å². The van der Waals surface area contributed by atoms with Gasteiger partial charge in [-0.2, -0.15) is 0 Å². The first-order valence-corrected chi connectivity index (χ1v) is 5.92. The van der Waals surface area contributed by atoms with Gasteiger partial charge in [0.25, 0.3) is 0 Å². The lowest BCUT2D eigenvalue weighted by Gasteiger charge is -2.16. The molecule has 0 aliphatic rings. The maximum Gasteiger partial charge on any atom is 0.191 e. The Morgan fingerprint density at radius 2 is 2.40 bits per heavy atom. The number of aliphatic imine (C=N–C) groups is 1. The molecular weight excluding hydrogens is 208 g/mol. The van der Waals surface area contributed by atoms with Gasteiger partial charge in [-0.25, -0.2) is 4.98 Å². The Balaban J connectivity index is 2.46. The van der Waals surface area contributed by atoms with E-state index in [0.29, 0.717) is 11.9 Å². The Labute approximate surface area is 94.8 Å². The van der Waals surface area contributed by atoms with Crippen molar-refractivity contribution < 1.29 is 0 Å². The summed E-state index contributed by atoms with van der Waals surface area (Å²) in [6.07, 6.45) is 0. The molecule has 1 aromatic heterocycles. The highest BCUT2D eigenvalue weighted by molar-refractivity contribution is 7.07. The van der Waals surface area contributed by atoms with Crippen molar-refractivity contribution in [2.45, 2.75) is 20.4 Å². The quantitative estimate of drug-likeness (QED) is 0.626. The van der Waals surface area contributed by atoms with E-state index in [2.05, 4.69) is 23.8 Å². The fraction of sp³-hybridized carbons (Fsp3) is 0.600. The minimum Gasteiger partial charge on any atom is -0.370 e. The third kappa shape index (κ3) is 4.29. The third-order valence-electron chi connectivity index (χ3n) is 1.89. The summed E-state index contributed by atoms with van der Waals surface area (Å²) < 4.78 is 0. The molecule has 15 heavy (non-hydrogen) atoms. The van der Waals surface area contributed by atoms with Crippen molar-refractivity contribution in [3.63, 3.8) is 0 Å². The van der Waals surface area contributed by atoms with Crippen LogP contribution in [0.25, 0.3) is 0 Å². The third-order valence-corrected chi connectivity index (χ3v) is 2.53. The molecule has 0 bridgehead atoms. The lowest BCUT2D eigenvalue weighted by atomic mass is 10.2. The van der Waals surface area contributed by atoms with Crippen molar-refractivity contribution in [1.29, 1.82) is 0 Å². The molecule has 1 heterocycles. The van der Waals surface area contributed by atoms with Gasteiger partial charge >= 0.3 is 0 Å². The van der Waals surface area contributed by atoms with Crippen molar-refractivity contribution in [2.24, 2.45) is 16.6 Å². The summed E-state index contributed by atoms with van der Waals surface area (Å²) in [5, 5.41) is 2.02. The monoisotopic (exact) mass is 226 g/mol. The summed E-state index contributed by atoms with van der Waals surface area (Å²) in [6, 6.07) is 0. The summed E-state index contributed by atoms with van der Waals surface area (Å²) in [4.78, 5) is 10.4. The largest absolute Gasteiger partial charge is 0.370 e. The highest BCUT2D eigenvalue weighted by Gasteiger charge is 2.04. The molecule has 0 atom stereocenters. The van der Waals surface area contributed by atoms with Crippen LogP contribution in [0.1, 0.15) is 19.5 Å². The van der Waals surface area contributed by atoms with Gasteiger partial charge in [0.15, 0.2) is 5.96 Å². The first-order valence-electron chi connectivity index (χ1n) is 4.97. The minimum absolute atomic E-state index is 0.538. The predicted octanol–water partition coefficient (Wildman–Crippen LogP) is 1.55. The average Bonchev–Trinajstić information content (AvgIpc) is 2.66. The van der Waals surface area contributed by atoms with Gasteiger partial charge in [0.05, 0.1) is 17.7 Å². The first-order chi connectivity index (χ1) is 7.09. The van der Waals surface area contributed by atoms with E-state index in [1.54, 1.807) is 11.3 Å². The van der Waals surface area contributed by atoms with E-state index in [0.717, 1.165) is 18.8 Å². The molecule has 0 radical (unpaired) electrons. The molecule has 0 spiro atoms. The molecule has 0 unspecified atom stereocenters. The van der Waals surface area contributed by atoms with E-state index >= 15 is 0 Å². The number of guanidine groups is 1. The number of aromatic nitrogens is 1. The smallest absolute Gasteiger partial charge is 0.191 e. The van der Waals surface area contributed by atoms with Crippen LogP contribution in [0.5, 0.6) is 0 Å². The number of hydrogen-bond acceptors (Lipinski definition) is 3. The van der Waals surface area contributed by atoms with Crippen LogP contribution >= 0.6 is 11.3 Å². The molecule has 0 aliphatic heterocycles. The molecule has 0 amide bonds. The molecular formula is C10H18N4S. The van der Waals surface area contributed by atoms with E-state index in [1.807, 2.05) is 22.8 Å². The normalized spacial score (nSPS) is 12.1. The topological polar surface area (TPSA) is 54.5 Å². The van der Waals surface area contributed by atoms with Gasteiger partial charge in [-0.05, 0) is 5.92 Å². The molecule has 0 saturated carbocycles. The van der Waals surface area contributed by atoms with Crippen LogP contribution in [0, 0.1) is 5.92 Å². The van der Waals surface area contributed by atoms with Crippen molar-refractivity contribution >= 4 is 17.3 Å². The second kappa shape index (κ2) is 5.70. The fourth-order valence-corrected chi connectivity index (χ4v) is 1.59. The summed E-state index contributed by atoms with van der Waals surface area (Å²) in [7, 11) is 1.93. The van der Waals surface area contributed by atoms with E-state index < -0.39 is 0 Å². The summed E-state index contributed by atoms with van der Waals surface area (Å²) >= 11 is 1.59. The number of rotatable bonds is 4. The second-order valence-corrected chi connectivity index (χ2v) is 4.65. The molecule has 5 heteroatoms. The van der Waals surface area contributed by atoms with Gasteiger partial charge < -0.3 is 10.6 Å². The van der Waals surface area contributed by atoms with Crippen LogP contribution in [0.4, 0.5) is 0 Å². The molecule has 0 aliphatic carbocycles.